The lowest BCUT2D eigenvalue weighted by Gasteiger charge is -2.11. The van der Waals surface area contributed by atoms with Crippen LogP contribution < -0.4 is 4.72 Å². The Morgan fingerprint density at radius 2 is 1.67 bits per heavy atom. The number of nitrogens with zero attached hydrogens (tertiary/aromatic N) is 1. The molecule has 0 fully saturated rings. The number of aromatic nitrogens is 1. The SMILES string of the molecule is Cc1nc2ccc(NS(=O)(=O)c3ccccc3S(C)(=O)=O)cc2s1. The van der Waals surface area contributed by atoms with Crippen LogP contribution in [0.25, 0.3) is 10.2 Å². The van der Waals surface area contributed by atoms with E-state index < -0.39 is 19.9 Å². The van der Waals surface area contributed by atoms with Crippen molar-refractivity contribution in [3.8, 4) is 0 Å². The summed E-state index contributed by atoms with van der Waals surface area (Å²) in [5.41, 5.74) is 1.14. The van der Waals surface area contributed by atoms with Crippen molar-refractivity contribution < 1.29 is 16.8 Å². The first kappa shape index (κ1) is 16.9. The molecule has 1 aromatic heterocycles. The van der Waals surface area contributed by atoms with Crippen molar-refractivity contribution in [1.82, 2.24) is 4.98 Å². The first-order valence-electron chi connectivity index (χ1n) is 6.86. The van der Waals surface area contributed by atoms with E-state index in [2.05, 4.69) is 9.71 Å². The summed E-state index contributed by atoms with van der Waals surface area (Å²) in [6.07, 6.45) is 0.980. The molecule has 6 nitrogen and oxygen atoms in total. The van der Waals surface area contributed by atoms with Gasteiger partial charge in [0.25, 0.3) is 10.0 Å². The normalized spacial score (nSPS) is 12.4. The minimum Gasteiger partial charge on any atom is -0.280 e. The van der Waals surface area contributed by atoms with E-state index in [9.17, 15) is 16.8 Å². The number of hydrogen-bond acceptors (Lipinski definition) is 6. The molecule has 0 aliphatic carbocycles. The van der Waals surface area contributed by atoms with Gasteiger partial charge in [0.05, 0.1) is 25.8 Å². The Balaban J connectivity index is 2.05. The average Bonchev–Trinajstić information content (AvgIpc) is 2.85. The Labute approximate surface area is 144 Å². The maximum Gasteiger partial charge on any atom is 0.263 e. The highest BCUT2D eigenvalue weighted by atomic mass is 32.2. The second kappa shape index (κ2) is 5.83. The van der Waals surface area contributed by atoms with Crippen LogP contribution in [0.1, 0.15) is 5.01 Å². The van der Waals surface area contributed by atoms with Gasteiger partial charge in [-0.1, -0.05) is 12.1 Å². The van der Waals surface area contributed by atoms with Crippen molar-refractivity contribution in [2.75, 3.05) is 11.0 Å². The molecule has 0 aliphatic rings. The number of fused-ring (bicyclic) bond motifs is 1. The lowest BCUT2D eigenvalue weighted by atomic mass is 10.3. The number of sulfone groups is 1. The minimum absolute atomic E-state index is 0.229. The van der Waals surface area contributed by atoms with E-state index in [1.807, 2.05) is 6.92 Å². The zero-order valence-electron chi connectivity index (χ0n) is 12.8. The Kier molecular flexibility index (Phi) is 4.10. The summed E-state index contributed by atoms with van der Waals surface area (Å²) >= 11 is 1.45. The van der Waals surface area contributed by atoms with Gasteiger partial charge >= 0.3 is 0 Å². The summed E-state index contributed by atoms with van der Waals surface area (Å²) in [5, 5.41) is 0.882. The van der Waals surface area contributed by atoms with Crippen LogP contribution in [0.3, 0.4) is 0 Å². The van der Waals surface area contributed by atoms with Gasteiger partial charge in [-0.15, -0.1) is 11.3 Å². The van der Waals surface area contributed by atoms with Crippen molar-refractivity contribution in [3.05, 3.63) is 47.5 Å². The number of thiazole rings is 1. The van der Waals surface area contributed by atoms with Gasteiger partial charge in [0.2, 0.25) is 0 Å². The molecule has 0 saturated heterocycles. The van der Waals surface area contributed by atoms with Gasteiger partial charge in [0, 0.05) is 6.26 Å². The third kappa shape index (κ3) is 3.28. The van der Waals surface area contributed by atoms with E-state index >= 15 is 0 Å². The number of hydrogen-bond donors (Lipinski definition) is 1. The largest absolute Gasteiger partial charge is 0.280 e. The van der Waals surface area contributed by atoms with Crippen LogP contribution in [0.4, 0.5) is 5.69 Å². The molecule has 0 unspecified atom stereocenters. The third-order valence-corrected chi connectivity index (χ3v) is 6.94. The Bertz CT molecular complexity index is 1130. The molecule has 0 bridgehead atoms. The summed E-state index contributed by atoms with van der Waals surface area (Å²) in [6.45, 7) is 1.87. The van der Waals surface area contributed by atoms with Crippen molar-refractivity contribution in [3.63, 3.8) is 0 Å². The molecule has 0 amide bonds. The molecule has 2 aromatic carbocycles. The number of nitrogens with one attached hydrogen (secondary N) is 1. The van der Waals surface area contributed by atoms with Crippen LogP contribution in [0, 0.1) is 6.92 Å². The predicted octanol–water partition coefficient (Wildman–Crippen LogP) is 2.81. The van der Waals surface area contributed by atoms with E-state index in [0.717, 1.165) is 21.5 Å². The summed E-state index contributed by atoms with van der Waals surface area (Å²) in [7, 11) is -7.70. The number of benzene rings is 2. The van der Waals surface area contributed by atoms with Gasteiger partial charge in [0.15, 0.2) is 9.84 Å². The molecule has 0 saturated carbocycles. The van der Waals surface area contributed by atoms with Crippen molar-refractivity contribution in [1.29, 1.82) is 0 Å². The smallest absolute Gasteiger partial charge is 0.263 e. The second-order valence-corrected chi connectivity index (χ2v) is 10.1. The zero-order valence-corrected chi connectivity index (χ0v) is 15.3. The van der Waals surface area contributed by atoms with Crippen LogP contribution in [-0.2, 0) is 19.9 Å². The quantitative estimate of drug-likeness (QED) is 0.749. The van der Waals surface area contributed by atoms with Crippen molar-refractivity contribution >= 4 is 47.1 Å². The molecule has 1 N–H and O–H groups in total. The molecule has 3 rings (SSSR count). The highest BCUT2D eigenvalue weighted by Crippen LogP contribution is 2.27. The Hall–Kier alpha value is -1.97. The number of sulfonamides is 1. The van der Waals surface area contributed by atoms with Gasteiger partial charge in [-0.3, -0.25) is 4.72 Å². The fourth-order valence-corrected chi connectivity index (χ4v) is 5.84. The average molecular weight is 382 g/mol. The summed E-state index contributed by atoms with van der Waals surface area (Å²) in [4.78, 5) is 3.82. The minimum atomic E-state index is -4.03. The van der Waals surface area contributed by atoms with Gasteiger partial charge < -0.3 is 0 Å². The van der Waals surface area contributed by atoms with E-state index in [1.54, 1.807) is 18.2 Å². The lowest BCUT2D eigenvalue weighted by molar-refractivity contribution is 0.588. The van der Waals surface area contributed by atoms with Crippen LogP contribution in [-0.4, -0.2) is 28.1 Å². The first-order valence-corrected chi connectivity index (χ1v) is 11.0. The van der Waals surface area contributed by atoms with E-state index in [0.29, 0.717) is 5.69 Å². The molecule has 3 aromatic rings. The number of rotatable bonds is 4. The maximum atomic E-state index is 12.6. The molecule has 1 heterocycles. The third-order valence-electron chi connectivity index (χ3n) is 3.29. The van der Waals surface area contributed by atoms with E-state index in [-0.39, 0.29) is 9.79 Å². The van der Waals surface area contributed by atoms with Crippen LogP contribution in [0.2, 0.25) is 0 Å². The fourth-order valence-electron chi connectivity index (χ4n) is 2.29. The van der Waals surface area contributed by atoms with Gasteiger partial charge in [-0.2, -0.15) is 0 Å². The molecular formula is C15H14N2O4S3. The summed E-state index contributed by atoms with van der Waals surface area (Å²) in [6, 6.07) is 10.5. The van der Waals surface area contributed by atoms with Gasteiger partial charge in [-0.25, -0.2) is 21.8 Å². The Morgan fingerprint density at radius 3 is 2.33 bits per heavy atom. The zero-order chi connectivity index (χ0) is 17.5. The standard InChI is InChI=1S/C15H14N2O4S3/c1-10-16-12-8-7-11(9-13(12)22-10)17-24(20,21)15-6-4-3-5-14(15)23(2,18)19/h3-9,17H,1-2H3. The van der Waals surface area contributed by atoms with E-state index in [4.69, 9.17) is 0 Å². The molecule has 24 heavy (non-hydrogen) atoms. The van der Waals surface area contributed by atoms with Crippen LogP contribution in [0.15, 0.2) is 52.3 Å². The molecule has 126 valence electrons. The molecule has 0 spiro atoms. The van der Waals surface area contributed by atoms with Crippen molar-refractivity contribution in [2.45, 2.75) is 16.7 Å². The number of anilines is 1. The van der Waals surface area contributed by atoms with E-state index in [1.165, 1.54) is 35.6 Å². The summed E-state index contributed by atoms with van der Waals surface area (Å²) < 4.78 is 52.2. The first-order chi connectivity index (χ1) is 11.2. The molecule has 0 atom stereocenters. The molecular weight excluding hydrogens is 368 g/mol. The topological polar surface area (TPSA) is 93.2 Å². The van der Waals surface area contributed by atoms with Gasteiger partial charge in [0.1, 0.15) is 4.90 Å². The second-order valence-electron chi connectivity index (χ2n) is 5.24. The summed E-state index contributed by atoms with van der Waals surface area (Å²) in [5.74, 6) is 0. The monoisotopic (exact) mass is 382 g/mol. The predicted molar refractivity (Wildman–Crippen MR) is 94.7 cm³/mol. The highest BCUT2D eigenvalue weighted by Gasteiger charge is 2.23. The molecule has 0 radical (unpaired) electrons. The fraction of sp³-hybridized carbons (Fsp3) is 0.133. The van der Waals surface area contributed by atoms with Crippen molar-refractivity contribution in [2.24, 2.45) is 0 Å². The Morgan fingerprint density at radius 1 is 1.00 bits per heavy atom. The molecule has 9 heteroatoms. The highest BCUT2D eigenvalue weighted by molar-refractivity contribution is 7.95. The van der Waals surface area contributed by atoms with Crippen LogP contribution >= 0.6 is 11.3 Å². The molecule has 0 aliphatic heterocycles. The lowest BCUT2D eigenvalue weighted by Crippen LogP contribution is -2.16. The maximum absolute atomic E-state index is 12.6. The number of aryl methyl sites for hydroxylation is 1. The van der Waals surface area contributed by atoms with Gasteiger partial charge in [-0.05, 0) is 37.3 Å². The van der Waals surface area contributed by atoms with Crippen LogP contribution in [0.5, 0.6) is 0 Å².